The Morgan fingerprint density at radius 2 is 2.05 bits per heavy atom. The van der Waals surface area contributed by atoms with Gasteiger partial charge < -0.3 is 15.2 Å². The van der Waals surface area contributed by atoms with Crippen molar-refractivity contribution < 1.29 is 14.6 Å². The van der Waals surface area contributed by atoms with Gasteiger partial charge in [-0.05, 0) is 36.8 Å². The van der Waals surface area contributed by atoms with Crippen LogP contribution in [0, 0.1) is 0 Å². The van der Waals surface area contributed by atoms with Gasteiger partial charge in [-0.3, -0.25) is 9.78 Å². The molecule has 0 fully saturated rings. The van der Waals surface area contributed by atoms with Gasteiger partial charge in [0.2, 0.25) is 0 Å². The molecule has 0 saturated heterocycles. The summed E-state index contributed by atoms with van der Waals surface area (Å²) >= 11 is 0. The molecule has 0 spiro atoms. The highest BCUT2D eigenvalue weighted by molar-refractivity contribution is 6.04. The van der Waals surface area contributed by atoms with E-state index in [1.807, 2.05) is 6.92 Å². The molecule has 0 saturated carbocycles. The summed E-state index contributed by atoms with van der Waals surface area (Å²) in [7, 11) is 0. The van der Waals surface area contributed by atoms with Gasteiger partial charge in [-0.2, -0.15) is 0 Å². The Morgan fingerprint density at radius 3 is 2.70 bits per heavy atom. The van der Waals surface area contributed by atoms with Gasteiger partial charge in [-0.25, -0.2) is 0 Å². The lowest BCUT2D eigenvalue weighted by molar-refractivity contribution is 0.102. The normalized spacial score (nSPS) is 10.1. The molecular weight excluding hydrogens is 256 g/mol. The maximum Gasteiger partial charge on any atom is 0.257 e. The van der Waals surface area contributed by atoms with E-state index in [1.54, 1.807) is 24.3 Å². The Labute approximate surface area is 117 Å². The number of ether oxygens (including phenoxy) is 1. The zero-order chi connectivity index (χ0) is 14.4. The fourth-order valence-corrected chi connectivity index (χ4v) is 1.61. The van der Waals surface area contributed by atoms with E-state index in [-0.39, 0.29) is 11.7 Å². The third-order valence-corrected chi connectivity index (χ3v) is 2.57. The Hall–Kier alpha value is -2.56. The molecule has 5 nitrogen and oxygen atoms in total. The van der Waals surface area contributed by atoms with Crippen LogP contribution in [0.25, 0.3) is 0 Å². The van der Waals surface area contributed by atoms with Crippen molar-refractivity contribution in [3.8, 4) is 11.5 Å². The predicted molar refractivity (Wildman–Crippen MR) is 76.1 cm³/mol. The minimum Gasteiger partial charge on any atom is -0.506 e. The molecule has 0 aliphatic heterocycles. The van der Waals surface area contributed by atoms with Gasteiger partial charge in [-0.1, -0.05) is 6.92 Å². The van der Waals surface area contributed by atoms with Gasteiger partial charge in [0, 0.05) is 11.9 Å². The number of carbonyl (C=O) groups is 1. The molecule has 0 aliphatic rings. The smallest absolute Gasteiger partial charge is 0.257 e. The third kappa shape index (κ3) is 3.71. The average Bonchev–Trinajstić information content (AvgIpc) is 2.46. The van der Waals surface area contributed by atoms with Crippen LogP contribution < -0.4 is 10.1 Å². The molecule has 1 aromatic heterocycles. The molecule has 1 amide bonds. The largest absolute Gasteiger partial charge is 0.506 e. The molecule has 104 valence electrons. The van der Waals surface area contributed by atoms with E-state index in [0.717, 1.165) is 12.2 Å². The van der Waals surface area contributed by atoms with Crippen LogP contribution in [0.1, 0.15) is 23.7 Å². The van der Waals surface area contributed by atoms with Crippen LogP contribution in [0.15, 0.2) is 42.7 Å². The van der Waals surface area contributed by atoms with E-state index in [4.69, 9.17) is 4.74 Å². The number of hydrogen-bond acceptors (Lipinski definition) is 4. The number of nitrogens with zero attached hydrogens (tertiary/aromatic N) is 1. The minimum atomic E-state index is -0.323. The van der Waals surface area contributed by atoms with Gasteiger partial charge in [0.1, 0.15) is 11.5 Å². The molecule has 1 aromatic carbocycles. The first-order valence-electron chi connectivity index (χ1n) is 6.37. The fourth-order valence-electron chi connectivity index (χ4n) is 1.61. The average molecular weight is 272 g/mol. The third-order valence-electron chi connectivity index (χ3n) is 2.57. The summed E-state index contributed by atoms with van der Waals surface area (Å²) < 4.78 is 5.46. The number of nitrogens with one attached hydrogen (secondary N) is 1. The van der Waals surface area contributed by atoms with Crippen molar-refractivity contribution in [1.82, 2.24) is 4.98 Å². The second-order valence-electron chi connectivity index (χ2n) is 4.26. The Balaban J connectivity index is 2.01. The van der Waals surface area contributed by atoms with Crippen molar-refractivity contribution in [1.29, 1.82) is 0 Å². The number of anilines is 1. The molecule has 5 heteroatoms. The van der Waals surface area contributed by atoms with Crippen molar-refractivity contribution in [2.75, 3.05) is 11.9 Å². The fraction of sp³-hybridized carbons (Fsp3) is 0.200. The SMILES string of the molecule is CCCOc1ccc(NC(=O)c2cncc(O)c2)cc1. The van der Waals surface area contributed by atoms with E-state index >= 15 is 0 Å². The minimum absolute atomic E-state index is 0.0408. The van der Waals surface area contributed by atoms with Crippen LogP contribution in [0.3, 0.4) is 0 Å². The van der Waals surface area contributed by atoms with E-state index in [0.29, 0.717) is 17.9 Å². The van der Waals surface area contributed by atoms with Gasteiger partial charge in [0.05, 0.1) is 18.4 Å². The Kier molecular flexibility index (Phi) is 4.55. The molecule has 0 bridgehead atoms. The summed E-state index contributed by atoms with van der Waals surface area (Å²) in [5.74, 6) is 0.403. The van der Waals surface area contributed by atoms with Crippen LogP contribution in [-0.2, 0) is 0 Å². The number of hydrogen-bond donors (Lipinski definition) is 2. The van der Waals surface area contributed by atoms with Crippen molar-refractivity contribution in [2.45, 2.75) is 13.3 Å². The summed E-state index contributed by atoms with van der Waals surface area (Å²) in [6, 6.07) is 8.48. The van der Waals surface area contributed by atoms with Crippen molar-refractivity contribution in [2.24, 2.45) is 0 Å². The number of amides is 1. The standard InChI is InChI=1S/C15H16N2O3/c1-2-7-20-14-5-3-12(4-6-14)17-15(19)11-8-13(18)10-16-9-11/h3-6,8-10,18H,2,7H2,1H3,(H,17,19). The monoisotopic (exact) mass is 272 g/mol. The lowest BCUT2D eigenvalue weighted by Gasteiger charge is -2.07. The zero-order valence-electron chi connectivity index (χ0n) is 11.2. The molecule has 20 heavy (non-hydrogen) atoms. The maximum absolute atomic E-state index is 11.9. The molecular formula is C15H16N2O3. The highest BCUT2D eigenvalue weighted by Gasteiger charge is 2.07. The Morgan fingerprint density at radius 1 is 1.30 bits per heavy atom. The quantitative estimate of drug-likeness (QED) is 0.878. The summed E-state index contributed by atoms with van der Waals surface area (Å²) in [6.45, 7) is 2.71. The van der Waals surface area contributed by atoms with Crippen molar-refractivity contribution in [3.05, 3.63) is 48.3 Å². The van der Waals surface area contributed by atoms with Gasteiger partial charge >= 0.3 is 0 Å². The molecule has 2 rings (SSSR count). The molecule has 2 aromatic rings. The van der Waals surface area contributed by atoms with Gasteiger partial charge in [0.25, 0.3) is 5.91 Å². The number of rotatable bonds is 5. The van der Waals surface area contributed by atoms with Crippen LogP contribution in [-0.4, -0.2) is 22.6 Å². The first-order valence-corrected chi connectivity index (χ1v) is 6.37. The molecule has 1 heterocycles. The van der Waals surface area contributed by atoms with Crippen molar-refractivity contribution >= 4 is 11.6 Å². The van der Waals surface area contributed by atoms with E-state index in [2.05, 4.69) is 10.3 Å². The first kappa shape index (κ1) is 13.9. The number of aromatic nitrogens is 1. The highest BCUT2D eigenvalue weighted by Crippen LogP contribution is 2.17. The van der Waals surface area contributed by atoms with Crippen LogP contribution in [0.5, 0.6) is 11.5 Å². The summed E-state index contributed by atoms with van der Waals surface area (Å²) in [5, 5.41) is 12.0. The lowest BCUT2D eigenvalue weighted by Crippen LogP contribution is -2.11. The molecule has 0 radical (unpaired) electrons. The van der Waals surface area contributed by atoms with Crippen LogP contribution in [0.2, 0.25) is 0 Å². The second kappa shape index (κ2) is 6.56. The van der Waals surface area contributed by atoms with E-state index < -0.39 is 0 Å². The van der Waals surface area contributed by atoms with E-state index in [1.165, 1.54) is 18.5 Å². The number of aromatic hydroxyl groups is 1. The predicted octanol–water partition coefficient (Wildman–Crippen LogP) is 2.83. The van der Waals surface area contributed by atoms with Gasteiger partial charge in [0.15, 0.2) is 0 Å². The summed E-state index contributed by atoms with van der Waals surface area (Å²) in [6.07, 6.45) is 3.62. The number of pyridine rings is 1. The van der Waals surface area contributed by atoms with Crippen molar-refractivity contribution in [3.63, 3.8) is 0 Å². The maximum atomic E-state index is 11.9. The number of benzene rings is 1. The van der Waals surface area contributed by atoms with E-state index in [9.17, 15) is 9.90 Å². The highest BCUT2D eigenvalue weighted by atomic mass is 16.5. The Bertz CT molecular complexity index is 582. The topological polar surface area (TPSA) is 71.5 Å². The number of carbonyl (C=O) groups excluding carboxylic acids is 1. The lowest BCUT2D eigenvalue weighted by atomic mass is 10.2. The van der Waals surface area contributed by atoms with Gasteiger partial charge in [-0.15, -0.1) is 0 Å². The molecule has 0 aliphatic carbocycles. The first-order chi connectivity index (χ1) is 9.69. The summed E-state index contributed by atoms with van der Waals surface area (Å²) in [4.78, 5) is 15.7. The van der Waals surface area contributed by atoms with Crippen LogP contribution >= 0.6 is 0 Å². The molecule has 2 N–H and O–H groups in total. The second-order valence-corrected chi connectivity index (χ2v) is 4.26. The molecule has 0 atom stereocenters. The molecule has 0 unspecified atom stereocenters. The van der Waals surface area contributed by atoms with Crippen LogP contribution in [0.4, 0.5) is 5.69 Å². The summed E-state index contributed by atoms with van der Waals surface area (Å²) in [5.41, 5.74) is 0.957. The zero-order valence-corrected chi connectivity index (χ0v) is 11.2.